The van der Waals surface area contributed by atoms with Crippen molar-refractivity contribution in [1.29, 1.82) is 0 Å². The molecule has 0 amide bonds. The molecule has 0 radical (unpaired) electrons. The van der Waals surface area contributed by atoms with Gasteiger partial charge in [0.15, 0.2) is 0 Å². The van der Waals surface area contributed by atoms with E-state index in [9.17, 15) is 29.1 Å². The molecule has 2 atom stereocenters. The molecule has 0 saturated heterocycles. The highest BCUT2D eigenvalue weighted by Crippen LogP contribution is 2.27. The molecule has 1 aromatic rings. The highest BCUT2D eigenvalue weighted by atomic mass is 19.1. The number of nitro benzene ring substituents is 1. The lowest BCUT2D eigenvalue weighted by molar-refractivity contribution is -0.387. The second-order valence-electron chi connectivity index (χ2n) is 3.51. The summed E-state index contributed by atoms with van der Waals surface area (Å²) in [6.07, 6.45) is -3.54. The fraction of sp³-hybridized carbons (Fsp3) is 0.333. The van der Waals surface area contributed by atoms with Crippen molar-refractivity contribution >= 4 is 5.69 Å². The Balaban J connectivity index is 3.10. The van der Waals surface area contributed by atoms with Crippen molar-refractivity contribution in [3.63, 3.8) is 0 Å². The molecule has 1 aromatic carbocycles. The Morgan fingerprint density at radius 3 is 2.58 bits per heavy atom. The van der Waals surface area contributed by atoms with Crippen LogP contribution in [-0.4, -0.2) is 27.8 Å². The predicted octanol–water partition coefficient (Wildman–Crippen LogP) is 1.58. The van der Waals surface area contributed by atoms with E-state index < -0.39 is 46.6 Å². The van der Waals surface area contributed by atoms with Gasteiger partial charge in [-0.1, -0.05) is 5.11 Å². The van der Waals surface area contributed by atoms with E-state index in [1.807, 2.05) is 0 Å². The molecule has 10 heteroatoms. The Morgan fingerprint density at radius 1 is 1.42 bits per heavy atom. The molecule has 0 spiro atoms. The Morgan fingerprint density at radius 2 is 2.05 bits per heavy atom. The van der Waals surface area contributed by atoms with Crippen molar-refractivity contribution in [3.05, 3.63) is 49.9 Å². The van der Waals surface area contributed by atoms with Crippen LogP contribution in [0.4, 0.5) is 14.5 Å². The minimum absolute atomic E-state index is 0.300. The molecule has 19 heavy (non-hydrogen) atoms. The lowest BCUT2D eigenvalue weighted by atomic mass is 10.0. The van der Waals surface area contributed by atoms with Crippen LogP contribution in [0.3, 0.4) is 0 Å². The third-order valence-electron chi connectivity index (χ3n) is 2.28. The Kier molecular flexibility index (Phi) is 4.70. The summed E-state index contributed by atoms with van der Waals surface area (Å²) < 4.78 is 26.8. The van der Waals surface area contributed by atoms with Gasteiger partial charge in [-0.2, -0.15) is 4.39 Å². The zero-order chi connectivity index (χ0) is 14.6. The summed E-state index contributed by atoms with van der Waals surface area (Å²) in [4.78, 5) is 11.6. The molecule has 0 aromatic heterocycles. The largest absolute Gasteiger partial charge is 0.390 e. The third kappa shape index (κ3) is 3.35. The van der Waals surface area contributed by atoms with Gasteiger partial charge in [-0.3, -0.25) is 10.1 Å². The number of nitro groups is 1. The van der Waals surface area contributed by atoms with Gasteiger partial charge in [0.2, 0.25) is 5.82 Å². The minimum Gasteiger partial charge on any atom is -0.390 e. The Hall–Kier alpha value is -2.29. The van der Waals surface area contributed by atoms with Crippen LogP contribution in [0.15, 0.2) is 17.2 Å². The maximum Gasteiger partial charge on any atom is 0.307 e. The molecule has 0 saturated carbocycles. The number of rotatable bonds is 5. The first-order valence-electron chi connectivity index (χ1n) is 4.88. The van der Waals surface area contributed by atoms with Crippen LogP contribution in [0.25, 0.3) is 10.4 Å². The molecular weight excluding hydrogens is 266 g/mol. The standard InChI is InChI=1S/C9H8F2N4O4/c10-5-2-7(15(18)19)6(11)1-4(5)9(17)8(16)3-13-14-12/h1-2,8-9,16-17H,3H2. The number of hydrogen-bond acceptors (Lipinski definition) is 5. The molecule has 102 valence electrons. The van der Waals surface area contributed by atoms with Gasteiger partial charge in [0.1, 0.15) is 11.9 Å². The van der Waals surface area contributed by atoms with E-state index in [0.717, 1.165) is 0 Å². The number of aliphatic hydroxyl groups is 2. The molecule has 0 aliphatic rings. The molecule has 0 bridgehead atoms. The number of hydrogen-bond donors (Lipinski definition) is 2. The number of aliphatic hydroxyl groups excluding tert-OH is 2. The van der Waals surface area contributed by atoms with Crippen LogP contribution in [0.2, 0.25) is 0 Å². The van der Waals surface area contributed by atoms with Gasteiger partial charge in [-0.25, -0.2) is 4.39 Å². The number of halogens is 2. The molecule has 0 fully saturated rings. The van der Waals surface area contributed by atoms with Gasteiger partial charge in [0.05, 0.1) is 23.6 Å². The lowest BCUT2D eigenvalue weighted by Gasteiger charge is -2.16. The molecule has 2 unspecified atom stereocenters. The average Bonchev–Trinajstić information content (AvgIpc) is 2.36. The first kappa shape index (κ1) is 14.8. The van der Waals surface area contributed by atoms with Gasteiger partial charge in [0.25, 0.3) is 0 Å². The van der Waals surface area contributed by atoms with Crippen LogP contribution in [-0.2, 0) is 0 Å². The van der Waals surface area contributed by atoms with Crippen molar-refractivity contribution in [1.82, 2.24) is 0 Å². The van der Waals surface area contributed by atoms with E-state index in [4.69, 9.17) is 5.53 Å². The fourth-order valence-electron chi connectivity index (χ4n) is 1.35. The monoisotopic (exact) mass is 274 g/mol. The van der Waals surface area contributed by atoms with E-state index in [0.29, 0.717) is 12.1 Å². The third-order valence-corrected chi connectivity index (χ3v) is 2.28. The van der Waals surface area contributed by atoms with Gasteiger partial charge < -0.3 is 10.2 Å². The first-order chi connectivity index (χ1) is 8.88. The maximum atomic E-state index is 13.5. The highest BCUT2D eigenvalue weighted by molar-refractivity contribution is 5.37. The molecule has 0 heterocycles. The van der Waals surface area contributed by atoms with Crippen molar-refractivity contribution < 1.29 is 23.9 Å². The maximum absolute atomic E-state index is 13.5. The van der Waals surface area contributed by atoms with Crippen molar-refractivity contribution in [2.24, 2.45) is 5.11 Å². The molecule has 0 aliphatic heterocycles. The topological polar surface area (TPSA) is 132 Å². The molecule has 2 N–H and O–H groups in total. The van der Waals surface area contributed by atoms with Gasteiger partial charge in [-0.15, -0.1) is 0 Å². The second kappa shape index (κ2) is 6.05. The van der Waals surface area contributed by atoms with Gasteiger partial charge >= 0.3 is 5.69 Å². The smallest absolute Gasteiger partial charge is 0.307 e. The summed E-state index contributed by atoms with van der Waals surface area (Å²) in [6.45, 7) is -0.560. The van der Waals surface area contributed by atoms with Crippen LogP contribution < -0.4 is 0 Å². The van der Waals surface area contributed by atoms with Crippen LogP contribution in [0.1, 0.15) is 11.7 Å². The summed E-state index contributed by atoms with van der Waals surface area (Å²) in [5.74, 6) is -2.60. The fourth-order valence-corrected chi connectivity index (χ4v) is 1.35. The Bertz CT molecular complexity index is 547. The zero-order valence-electron chi connectivity index (χ0n) is 9.27. The van der Waals surface area contributed by atoms with E-state index in [1.165, 1.54) is 0 Å². The predicted molar refractivity (Wildman–Crippen MR) is 58.0 cm³/mol. The lowest BCUT2D eigenvalue weighted by Crippen LogP contribution is -2.22. The highest BCUT2D eigenvalue weighted by Gasteiger charge is 2.26. The summed E-state index contributed by atoms with van der Waals surface area (Å²) in [5, 5.41) is 32.2. The van der Waals surface area contributed by atoms with Crippen LogP contribution in [0, 0.1) is 21.7 Å². The molecule has 1 rings (SSSR count). The van der Waals surface area contributed by atoms with Crippen molar-refractivity contribution in [3.8, 4) is 0 Å². The molecular formula is C9H8F2N4O4. The van der Waals surface area contributed by atoms with E-state index in [-0.39, 0.29) is 0 Å². The van der Waals surface area contributed by atoms with Gasteiger partial charge in [-0.05, 0) is 11.6 Å². The average molecular weight is 274 g/mol. The summed E-state index contributed by atoms with van der Waals surface area (Å²) in [7, 11) is 0. The number of azide groups is 1. The normalized spacial score (nSPS) is 13.5. The SMILES string of the molecule is [N-]=[N+]=NCC(O)C(O)c1cc(F)c([N+](=O)[O-])cc1F. The summed E-state index contributed by atoms with van der Waals surface area (Å²) in [5.41, 5.74) is 6.27. The van der Waals surface area contributed by atoms with Crippen molar-refractivity contribution in [2.75, 3.05) is 6.54 Å². The first-order valence-corrected chi connectivity index (χ1v) is 4.88. The quantitative estimate of drug-likeness (QED) is 0.277. The van der Waals surface area contributed by atoms with E-state index in [2.05, 4.69) is 10.0 Å². The molecule has 0 aliphatic carbocycles. The second-order valence-corrected chi connectivity index (χ2v) is 3.51. The summed E-state index contributed by atoms with van der Waals surface area (Å²) in [6, 6.07) is 0.714. The minimum atomic E-state index is -1.87. The molecule has 8 nitrogen and oxygen atoms in total. The van der Waals surface area contributed by atoms with E-state index >= 15 is 0 Å². The van der Waals surface area contributed by atoms with Crippen LogP contribution in [0.5, 0.6) is 0 Å². The summed E-state index contributed by atoms with van der Waals surface area (Å²) >= 11 is 0. The Labute approximate surface area is 104 Å². The zero-order valence-corrected chi connectivity index (χ0v) is 9.27. The van der Waals surface area contributed by atoms with Crippen LogP contribution >= 0.6 is 0 Å². The van der Waals surface area contributed by atoms with Crippen molar-refractivity contribution in [2.45, 2.75) is 12.2 Å². The number of nitrogens with zero attached hydrogens (tertiary/aromatic N) is 4. The van der Waals surface area contributed by atoms with Gasteiger partial charge in [0, 0.05) is 10.5 Å². The van der Waals surface area contributed by atoms with E-state index in [1.54, 1.807) is 0 Å². The number of benzene rings is 1.